The maximum atomic E-state index is 12.1. The van der Waals surface area contributed by atoms with E-state index in [1.807, 2.05) is 0 Å². The largest absolute Gasteiger partial charge is 0.353 e. The van der Waals surface area contributed by atoms with Gasteiger partial charge in [0.05, 0.1) is 0 Å². The predicted octanol–water partition coefficient (Wildman–Crippen LogP) is 2.27. The lowest BCUT2D eigenvalue weighted by atomic mass is 9.89. The maximum absolute atomic E-state index is 12.1. The monoisotopic (exact) mass is 295 g/mol. The minimum Gasteiger partial charge on any atom is -0.353 e. The molecule has 4 heteroatoms. The van der Waals surface area contributed by atoms with Crippen LogP contribution < -0.4 is 11.1 Å². The van der Waals surface area contributed by atoms with Gasteiger partial charge < -0.3 is 11.1 Å². The zero-order valence-corrected chi connectivity index (χ0v) is 13.7. The number of likely N-dealkylation sites (tertiary alicyclic amines) is 1. The molecule has 122 valence electrons. The van der Waals surface area contributed by atoms with Crippen molar-refractivity contribution in [1.82, 2.24) is 10.2 Å². The number of amides is 1. The molecule has 0 radical (unpaired) electrons. The molecule has 2 aliphatic rings. The van der Waals surface area contributed by atoms with Gasteiger partial charge in [-0.3, -0.25) is 9.69 Å². The first-order chi connectivity index (χ1) is 10.2. The van der Waals surface area contributed by atoms with Crippen LogP contribution in [-0.2, 0) is 4.79 Å². The molecule has 0 spiro atoms. The number of carbonyl (C=O) groups excluding carboxylic acids is 1. The van der Waals surface area contributed by atoms with Crippen molar-refractivity contribution in [3.63, 3.8) is 0 Å². The molecule has 21 heavy (non-hydrogen) atoms. The maximum Gasteiger partial charge on any atom is 0.221 e. The quantitative estimate of drug-likeness (QED) is 0.790. The Morgan fingerprint density at radius 2 is 2.00 bits per heavy atom. The number of carbonyl (C=O) groups is 1. The molecule has 1 heterocycles. The molecule has 2 rings (SSSR count). The first-order valence-electron chi connectivity index (χ1n) is 8.96. The van der Waals surface area contributed by atoms with Gasteiger partial charge in [-0.1, -0.05) is 32.6 Å². The summed E-state index contributed by atoms with van der Waals surface area (Å²) in [7, 11) is 0. The van der Waals surface area contributed by atoms with Crippen LogP contribution in [0.1, 0.15) is 64.7 Å². The number of nitrogens with zero attached hydrogens (tertiary/aromatic N) is 1. The van der Waals surface area contributed by atoms with E-state index in [0.29, 0.717) is 18.5 Å². The van der Waals surface area contributed by atoms with Crippen LogP contribution in [0.5, 0.6) is 0 Å². The molecule has 0 aromatic heterocycles. The second kappa shape index (κ2) is 8.74. The summed E-state index contributed by atoms with van der Waals surface area (Å²) in [5.41, 5.74) is 5.92. The Morgan fingerprint density at radius 1 is 1.24 bits per heavy atom. The topological polar surface area (TPSA) is 58.4 Å². The summed E-state index contributed by atoms with van der Waals surface area (Å²) < 4.78 is 0. The third kappa shape index (κ3) is 5.26. The average molecular weight is 295 g/mol. The Morgan fingerprint density at radius 3 is 2.67 bits per heavy atom. The smallest absolute Gasteiger partial charge is 0.221 e. The summed E-state index contributed by atoms with van der Waals surface area (Å²) >= 11 is 0. The fourth-order valence-corrected chi connectivity index (χ4v) is 3.89. The van der Waals surface area contributed by atoms with Crippen molar-refractivity contribution in [3.05, 3.63) is 0 Å². The van der Waals surface area contributed by atoms with Gasteiger partial charge in [0.15, 0.2) is 0 Å². The average Bonchev–Trinajstić information content (AvgIpc) is 2.53. The van der Waals surface area contributed by atoms with Gasteiger partial charge in [-0.2, -0.15) is 0 Å². The van der Waals surface area contributed by atoms with Crippen molar-refractivity contribution >= 4 is 5.91 Å². The van der Waals surface area contributed by atoms with Crippen LogP contribution >= 0.6 is 0 Å². The highest BCUT2D eigenvalue weighted by Gasteiger charge is 2.27. The van der Waals surface area contributed by atoms with E-state index >= 15 is 0 Å². The summed E-state index contributed by atoms with van der Waals surface area (Å²) in [6.45, 7) is 4.97. The molecule has 4 nitrogen and oxygen atoms in total. The van der Waals surface area contributed by atoms with Crippen molar-refractivity contribution in [2.24, 2.45) is 11.7 Å². The molecule has 0 aromatic rings. The van der Waals surface area contributed by atoms with Gasteiger partial charge >= 0.3 is 0 Å². The molecule has 1 aliphatic carbocycles. The van der Waals surface area contributed by atoms with Gasteiger partial charge in [-0.15, -0.1) is 0 Å². The number of piperidine rings is 1. The van der Waals surface area contributed by atoms with Crippen LogP contribution in [0.15, 0.2) is 0 Å². The fourth-order valence-electron chi connectivity index (χ4n) is 3.89. The second-order valence-corrected chi connectivity index (χ2v) is 6.88. The number of rotatable bonds is 6. The molecule has 1 saturated carbocycles. The van der Waals surface area contributed by atoms with Crippen molar-refractivity contribution < 1.29 is 4.79 Å². The first-order valence-corrected chi connectivity index (χ1v) is 8.96. The summed E-state index contributed by atoms with van der Waals surface area (Å²) in [4.78, 5) is 14.5. The minimum absolute atomic E-state index is 0.232. The summed E-state index contributed by atoms with van der Waals surface area (Å²) in [6, 6.07) is 0.911. The molecule has 3 N–H and O–H groups in total. The van der Waals surface area contributed by atoms with E-state index in [4.69, 9.17) is 5.73 Å². The van der Waals surface area contributed by atoms with Gasteiger partial charge in [0.2, 0.25) is 5.91 Å². The molecule has 1 amide bonds. The predicted molar refractivity (Wildman–Crippen MR) is 87.1 cm³/mol. The Kier molecular flexibility index (Phi) is 6.97. The molecule has 0 bridgehead atoms. The third-order valence-electron chi connectivity index (χ3n) is 5.39. The van der Waals surface area contributed by atoms with E-state index in [1.165, 1.54) is 51.4 Å². The summed E-state index contributed by atoms with van der Waals surface area (Å²) in [6.07, 6.45) is 10.6. The van der Waals surface area contributed by atoms with Gasteiger partial charge in [-0.25, -0.2) is 0 Å². The van der Waals surface area contributed by atoms with E-state index < -0.39 is 0 Å². The second-order valence-electron chi connectivity index (χ2n) is 6.88. The zero-order chi connectivity index (χ0) is 15.1. The molecule has 1 aliphatic heterocycles. The molecule has 2 atom stereocenters. The van der Waals surface area contributed by atoms with Crippen molar-refractivity contribution in [2.45, 2.75) is 76.8 Å². The summed E-state index contributed by atoms with van der Waals surface area (Å²) in [5, 5.41) is 3.21. The normalized spacial score (nSPS) is 28.5. The molecular formula is C17H33N3O. The van der Waals surface area contributed by atoms with Crippen LogP contribution in [0.3, 0.4) is 0 Å². The van der Waals surface area contributed by atoms with E-state index in [0.717, 1.165) is 25.6 Å². The Labute approximate surface area is 129 Å². The van der Waals surface area contributed by atoms with E-state index in [1.54, 1.807) is 0 Å². The Balaban J connectivity index is 1.69. The van der Waals surface area contributed by atoms with Crippen LogP contribution in [0.25, 0.3) is 0 Å². The number of nitrogens with one attached hydrogen (secondary N) is 1. The minimum atomic E-state index is 0.232. The lowest BCUT2D eigenvalue weighted by molar-refractivity contribution is -0.122. The Hall–Kier alpha value is -0.610. The summed E-state index contributed by atoms with van der Waals surface area (Å²) in [5.74, 6) is 1.06. The molecule has 2 fully saturated rings. The fraction of sp³-hybridized carbons (Fsp3) is 0.941. The SMILES string of the molecule is CCC1CCN(CCC(=O)NC2CCCCC2)C(CN)C1. The van der Waals surface area contributed by atoms with Gasteiger partial charge in [0.25, 0.3) is 0 Å². The van der Waals surface area contributed by atoms with Gasteiger partial charge in [0.1, 0.15) is 0 Å². The van der Waals surface area contributed by atoms with Crippen LogP contribution in [0, 0.1) is 5.92 Å². The Bertz CT molecular complexity index is 315. The van der Waals surface area contributed by atoms with Crippen LogP contribution in [0.2, 0.25) is 0 Å². The van der Waals surface area contributed by atoms with Gasteiger partial charge in [-0.05, 0) is 38.1 Å². The third-order valence-corrected chi connectivity index (χ3v) is 5.39. The number of nitrogens with two attached hydrogens (primary N) is 1. The zero-order valence-electron chi connectivity index (χ0n) is 13.7. The van der Waals surface area contributed by atoms with E-state index in [9.17, 15) is 4.79 Å². The van der Waals surface area contributed by atoms with Crippen LogP contribution in [0.4, 0.5) is 0 Å². The molecular weight excluding hydrogens is 262 g/mol. The number of hydrogen-bond acceptors (Lipinski definition) is 3. The molecule has 0 aromatic carbocycles. The van der Waals surface area contributed by atoms with Crippen molar-refractivity contribution in [3.8, 4) is 0 Å². The standard InChI is InChI=1S/C17H33N3O/c1-2-14-8-10-20(16(12-14)13-18)11-9-17(21)19-15-6-4-3-5-7-15/h14-16H,2-13,18H2,1H3,(H,19,21). The van der Waals surface area contributed by atoms with Crippen LogP contribution in [-0.4, -0.2) is 42.5 Å². The van der Waals surface area contributed by atoms with Gasteiger partial charge in [0, 0.05) is 31.6 Å². The lowest BCUT2D eigenvalue weighted by Gasteiger charge is -2.38. The number of hydrogen-bond donors (Lipinski definition) is 2. The highest BCUT2D eigenvalue weighted by atomic mass is 16.1. The van der Waals surface area contributed by atoms with E-state index in [2.05, 4.69) is 17.1 Å². The van der Waals surface area contributed by atoms with Crippen molar-refractivity contribution in [1.29, 1.82) is 0 Å². The molecule has 2 unspecified atom stereocenters. The van der Waals surface area contributed by atoms with E-state index in [-0.39, 0.29) is 5.91 Å². The highest BCUT2D eigenvalue weighted by Crippen LogP contribution is 2.25. The lowest BCUT2D eigenvalue weighted by Crippen LogP contribution is -2.48. The first kappa shape index (κ1) is 16.8. The van der Waals surface area contributed by atoms with Crippen molar-refractivity contribution in [2.75, 3.05) is 19.6 Å². The highest BCUT2D eigenvalue weighted by molar-refractivity contribution is 5.76. The molecule has 1 saturated heterocycles.